The molecule has 0 saturated carbocycles. The van der Waals surface area contributed by atoms with Crippen LogP contribution in [0.15, 0.2) is 28.8 Å². The lowest BCUT2D eigenvalue weighted by Crippen LogP contribution is -1.80. The number of nitrogen functional groups attached to an aromatic ring is 1. The summed E-state index contributed by atoms with van der Waals surface area (Å²) >= 11 is 0. The minimum Gasteiger partial charge on any atom is -0.506 e. The molecule has 0 aliphatic rings. The number of phenolic OH excluding ortho intramolecular Hbond substituents is 1. The van der Waals surface area contributed by atoms with E-state index in [2.05, 4.69) is 10.1 Å². The monoisotopic (exact) mass is 229 g/mol. The van der Waals surface area contributed by atoms with Gasteiger partial charge in [0, 0.05) is 22.7 Å². The molecule has 2 aromatic heterocycles. The first-order chi connectivity index (χ1) is 8.15. The first kappa shape index (κ1) is 9.77. The maximum absolute atomic E-state index is 10.2. The molecule has 0 unspecified atom stereocenters. The number of H-pyrrole nitrogens is 1. The predicted octanol–water partition coefficient (Wildman–Crippen LogP) is 2.42. The minimum atomic E-state index is 0.169. The Kier molecular flexibility index (Phi) is 1.89. The van der Waals surface area contributed by atoms with Gasteiger partial charge in [-0.1, -0.05) is 5.16 Å². The van der Waals surface area contributed by atoms with Crippen molar-refractivity contribution < 1.29 is 9.63 Å². The van der Waals surface area contributed by atoms with Gasteiger partial charge >= 0.3 is 0 Å². The molecule has 0 aliphatic carbocycles. The summed E-state index contributed by atoms with van der Waals surface area (Å²) in [5.41, 5.74) is 7.95. The van der Waals surface area contributed by atoms with Gasteiger partial charge in [-0.2, -0.15) is 0 Å². The van der Waals surface area contributed by atoms with Gasteiger partial charge in [-0.05, 0) is 25.1 Å². The summed E-state index contributed by atoms with van der Waals surface area (Å²) < 4.78 is 5.04. The quantitative estimate of drug-likeness (QED) is 0.598. The van der Waals surface area contributed by atoms with E-state index in [4.69, 9.17) is 10.3 Å². The third kappa shape index (κ3) is 1.44. The van der Waals surface area contributed by atoms with E-state index in [1.807, 2.05) is 19.1 Å². The fourth-order valence-electron chi connectivity index (χ4n) is 1.94. The number of aromatic amines is 1. The summed E-state index contributed by atoms with van der Waals surface area (Å²) in [6.07, 6.45) is 0. The topological polar surface area (TPSA) is 88.1 Å². The standard InChI is InChI=1S/C12H11N3O2/c1-6-4-8-9(14-6)3-2-7(12(8)16)10-5-11(13)15-17-10/h2-5,14,16H,1H3,(H2,13,15). The number of rotatable bonds is 1. The molecule has 3 aromatic rings. The Hall–Kier alpha value is -2.43. The Labute approximate surface area is 96.8 Å². The molecule has 0 atom stereocenters. The molecule has 1 aromatic carbocycles. The summed E-state index contributed by atoms with van der Waals surface area (Å²) in [4.78, 5) is 3.15. The molecule has 4 N–H and O–H groups in total. The van der Waals surface area contributed by atoms with Crippen LogP contribution >= 0.6 is 0 Å². The number of benzene rings is 1. The average Bonchev–Trinajstić information content (AvgIpc) is 2.85. The molecule has 86 valence electrons. The van der Waals surface area contributed by atoms with Gasteiger partial charge in [0.1, 0.15) is 5.75 Å². The summed E-state index contributed by atoms with van der Waals surface area (Å²) in [5.74, 6) is 0.925. The molecule has 2 heterocycles. The van der Waals surface area contributed by atoms with Gasteiger partial charge in [-0.15, -0.1) is 0 Å². The molecule has 0 aliphatic heterocycles. The van der Waals surface area contributed by atoms with Gasteiger partial charge in [0.15, 0.2) is 11.6 Å². The fraction of sp³-hybridized carbons (Fsp3) is 0.0833. The van der Waals surface area contributed by atoms with Gasteiger partial charge in [-0.25, -0.2) is 0 Å². The second-order valence-electron chi connectivity index (χ2n) is 3.99. The van der Waals surface area contributed by atoms with Crippen LogP contribution in [0.25, 0.3) is 22.2 Å². The number of hydrogen-bond donors (Lipinski definition) is 3. The van der Waals surface area contributed by atoms with Crippen molar-refractivity contribution in [2.45, 2.75) is 6.92 Å². The van der Waals surface area contributed by atoms with Crippen molar-refractivity contribution in [1.29, 1.82) is 0 Å². The Bertz CT molecular complexity index is 697. The second-order valence-corrected chi connectivity index (χ2v) is 3.99. The van der Waals surface area contributed by atoms with Crippen LogP contribution in [0.1, 0.15) is 5.69 Å². The first-order valence-corrected chi connectivity index (χ1v) is 5.19. The smallest absolute Gasteiger partial charge is 0.172 e. The highest BCUT2D eigenvalue weighted by atomic mass is 16.5. The summed E-state index contributed by atoms with van der Waals surface area (Å²) in [6, 6.07) is 7.12. The van der Waals surface area contributed by atoms with Crippen LogP contribution in [-0.4, -0.2) is 15.2 Å². The van der Waals surface area contributed by atoms with Crippen molar-refractivity contribution in [2.75, 3.05) is 5.73 Å². The largest absolute Gasteiger partial charge is 0.506 e. The van der Waals surface area contributed by atoms with Gasteiger partial charge in [0.2, 0.25) is 0 Å². The summed E-state index contributed by atoms with van der Waals surface area (Å²) in [7, 11) is 0. The molecule has 0 bridgehead atoms. The van der Waals surface area contributed by atoms with Gasteiger partial charge in [-0.3, -0.25) is 0 Å². The molecule has 0 spiro atoms. The zero-order valence-corrected chi connectivity index (χ0v) is 9.19. The molecule has 17 heavy (non-hydrogen) atoms. The fourth-order valence-corrected chi connectivity index (χ4v) is 1.94. The number of phenols is 1. The van der Waals surface area contributed by atoms with Crippen molar-refractivity contribution in [3.05, 3.63) is 30.0 Å². The predicted molar refractivity (Wildman–Crippen MR) is 64.6 cm³/mol. The van der Waals surface area contributed by atoms with Gasteiger partial charge in [0.25, 0.3) is 0 Å². The molecular weight excluding hydrogens is 218 g/mol. The maximum Gasteiger partial charge on any atom is 0.172 e. The van der Waals surface area contributed by atoms with Crippen molar-refractivity contribution >= 4 is 16.7 Å². The average molecular weight is 229 g/mol. The number of nitrogens with two attached hydrogens (primary N) is 1. The zero-order chi connectivity index (χ0) is 12.0. The van der Waals surface area contributed by atoms with E-state index in [0.717, 1.165) is 16.6 Å². The number of fused-ring (bicyclic) bond motifs is 1. The maximum atomic E-state index is 10.2. The van der Waals surface area contributed by atoms with Gasteiger partial charge in [0.05, 0.1) is 5.56 Å². The number of aromatic nitrogens is 2. The molecule has 0 radical (unpaired) electrons. The molecule has 5 heteroatoms. The van der Waals surface area contributed by atoms with Crippen LogP contribution in [0, 0.1) is 6.92 Å². The van der Waals surface area contributed by atoms with E-state index in [1.165, 1.54) is 0 Å². The highest BCUT2D eigenvalue weighted by Crippen LogP contribution is 2.36. The summed E-state index contributed by atoms with van der Waals surface area (Å²) in [5, 5.41) is 14.5. The molecule has 3 rings (SSSR count). The van der Waals surface area contributed by atoms with E-state index >= 15 is 0 Å². The summed E-state index contributed by atoms with van der Waals surface area (Å²) in [6.45, 7) is 1.94. The number of anilines is 1. The Morgan fingerprint density at radius 2 is 2.18 bits per heavy atom. The minimum absolute atomic E-state index is 0.169. The second kappa shape index (κ2) is 3.28. The number of nitrogens with zero attached hydrogens (tertiary/aromatic N) is 1. The van der Waals surface area contributed by atoms with Crippen LogP contribution in [0.2, 0.25) is 0 Å². The number of aryl methyl sites for hydroxylation is 1. The molecule has 0 amide bonds. The SMILES string of the molecule is Cc1cc2c(O)c(-c3cc(N)no3)ccc2[nH]1. The van der Waals surface area contributed by atoms with E-state index in [-0.39, 0.29) is 5.75 Å². The molecular formula is C12H11N3O2. The Balaban J connectivity index is 2.27. The molecule has 0 saturated heterocycles. The van der Waals surface area contributed by atoms with Crippen LogP contribution in [0.3, 0.4) is 0 Å². The first-order valence-electron chi connectivity index (χ1n) is 5.19. The third-order valence-corrected chi connectivity index (χ3v) is 2.70. The zero-order valence-electron chi connectivity index (χ0n) is 9.19. The normalized spacial score (nSPS) is 11.1. The van der Waals surface area contributed by atoms with Crippen molar-refractivity contribution in [2.24, 2.45) is 0 Å². The van der Waals surface area contributed by atoms with E-state index in [0.29, 0.717) is 17.1 Å². The van der Waals surface area contributed by atoms with Crippen molar-refractivity contribution in [1.82, 2.24) is 10.1 Å². The van der Waals surface area contributed by atoms with Gasteiger partial charge < -0.3 is 20.3 Å². The molecule has 0 fully saturated rings. The number of nitrogens with one attached hydrogen (secondary N) is 1. The van der Waals surface area contributed by atoms with E-state index in [9.17, 15) is 5.11 Å². The van der Waals surface area contributed by atoms with Crippen LogP contribution in [0.4, 0.5) is 5.82 Å². The highest BCUT2D eigenvalue weighted by molar-refractivity contribution is 5.92. The Morgan fingerprint density at radius 1 is 1.35 bits per heavy atom. The van der Waals surface area contributed by atoms with Crippen molar-refractivity contribution in [3.63, 3.8) is 0 Å². The van der Waals surface area contributed by atoms with Crippen molar-refractivity contribution in [3.8, 4) is 17.1 Å². The van der Waals surface area contributed by atoms with E-state index in [1.54, 1.807) is 12.1 Å². The lowest BCUT2D eigenvalue weighted by atomic mass is 10.1. The number of hydrogen-bond acceptors (Lipinski definition) is 4. The van der Waals surface area contributed by atoms with Crippen LogP contribution < -0.4 is 5.73 Å². The Morgan fingerprint density at radius 3 is 2.88 bits per heavy atom. The lowest BCUT2D eigenvalue weighted by molar-refractivity contribution is 0.430. The highest BCUT2D eigenvalue weighted by Gasteiger charge is 2.13. The lowest BCUT2D eigenvalue weighted by Gasteiger charge is -2.01. The van der Waals surface area contributed by atoms with Crippen LogP contribution in [-0.2, 0) is 0 Å². The third-order valence-electron chi connectivity index (χ3n) is 2.70. The molecule has 5 nitrogen and oxygen atoms in total. The number of aromatic hydroxyl groups is 1. The van der Waals surface area contributed by atoms with E-state index < -0.39 is 0 Å². The van der Waals surface area contributed by atoms with Crippen LogP contribution in [0.5, 0.6) is 5.75 Å².